The van der Waals surface area contributed by atoms with Gasteiger partial charge in [-0.3, -0.25) is 15.1 Å². The number of aryl methyl sites for hydroxylation is 2. The average molecular weight is 496 g/mol. The molecule has 0 fully saturated rings. The maximum Gasteiger partial charge on any atom is 0.409 e. The number of H-pyrrole nitrogens is 1. The monoisotopic (exact) mass is 495 g/mol. The number of carboxylic acid groups (broad SMARTS) is 1. The SMILES string of the molecule is Cc1ccc(-n2cnnn2)c(-c2cc3n(c(=O)c2)[C@H](c2ncc(-c4ccc(NC(=O)O)cc4)[nH]2)CC3)n1. The number of imidazole rings is 1. The lowest BCUT2D eigenvalue weighted by Crippen LogP contribution is -2.24. The van der Waals surface area contributed by atoms with Gasteiger partial charge in [-0.05, 0) is 66.1 Å². The normalized spacial score (nSPS) is 14.5. The number of fused-ring (bicyclic) bond motifs is 1. The highest BCUT2D eigenvalue weighted by Crippen LogP contribution is 2.33. The van der Waals surface area contributed by atoms with E-state index in [1.807, 2.05) is 25.1 Å². The first-order chi connectivity index (χ1) is 18.0. The van der Waals surface area contributed by atoms with E-state index in [1.54, 1.807) is 41.1 Å². The molecule has 184 valence electrons. The van der Waals surface area contributed by atoms with Gasteiger partial charge in [-0.1, -0.05) is 12.1 Å². The number of benzene rings is 1. The van der Waals surface area contributed by atoms with E-state index in [4.69, 9.17) is 5.11 Å². The Morgan fingerprint density at radius 2 is 1.97 bits per heavy atom. The van der Waals surface area contributed by atoms with Crippen LogP contribution in [0.25, 0.3) is 28.2 Å². The quantitative estimate of drug-likeness (QED) is 0.335. The maximum atomic E-state index is 13.4. The molecule has 5 heterocycles. The molecule has 0 aliphatic carbocycles. The van der Waals surface area contributed by atoms with Gasteiger partial charge in [0.25, 0.3) is 5.56 Å². The summed E-state index contributed by atoms with van der Waals surface area (Å²) in [4.78, 5) is 36.8. The van der Waals surface area contributed by atoms with Crippen LogP contribution in [0.1, 0.15) is 29.7 Å². The fourth-order valence-electron chi connectivity index (χ4n) is 4.72. The molecule has 1 aromatic carbocycles. The summed E-state index contributed by atoms with van der Waals surface area (Å²) < 4.78 is 3.31. The number of nitrogens with zero attached hydrogens (tertiary/aromatic N) is 7. The molecule has 0 unspecified atom stereocenters. The summed E-state index contributed by atoms with van der Waals surface area (Å²) in [5.41, 5.74) is 5.74. The number of nitrogens with one attached hydrogen (secondary N) is 2. The highest BCUT2D eigenvalue weighted by Gasteiger charge is 2.28. The van der Waals surface area contributed by atoms with Gasteiger partial charge in [0.1, 0.15) is 12.2 Å². The van der Waals surface area contributed by atoms with Gasteiger partial charge in [0.2, 0.25) is 0 Å². The standard InChI is InChI=1S/C25H21N9O3/c1-14-2-8-20(33-13-27-31-32-33)23(28-14)16-10-18-7-9-21(34(18)22(35)11-16)24-26-12-19(30-24)15-3-5-17(6-4-15)29-25(36)37/h2-6,8,10-13,21,29H,7,9H2,1H3,(H,26,30)(H,36,37)/t21-/m0/s1. The first-order valence-electron chi connectivity index (χ1n) is 11.6. The van der Waals surface area contributed by atoms with Crippen LogP contribution in [0, 0.1) is 6.92 Å². The number of anilines is 1. The van der Waals surface area contributed by atoms with Crippen molar-refractivity contribution < 1.29 is 9.90 Å². The Hall–Kier alpha value is -5.13. The Balaban J connectivity index is 1.32. The molecule has 12 nitrogen and oxygen atoms in total. The molecule has 0 radical (unpaired) electrons. The zero-order valence-corrected chi connectivity index (χ0v) is 19.7. The smallest absolute Gasteiger partial charge is 0.409 e. The molecule has 37 heavy (non-hydrogen) atoms. The third-order valence-electron chi connectivity index (χ3n) is 6.37. The molecule has 6 rings (SSSR count). The lowest BCUT2D eigenvalue weighted by Gasteiger charge is -2.14. The van der Waals surface area contributed by atoms with Crippen molar-refractivity contribution in [2.75, 3.05) is 5.32 Å². The summed E-state index contributed by atoms with van der Waals surface area (Å²) in [6.45, 7) is 1.90. The zero-order valence-electron chi connectivity index (χ0n) is 19.7. The number of amides is 1. The number of carbonyl (C=O) groups is 1. The number of hydrogen-bond acceptors (Lipinski definition) is 7. The van der Waals surface area contributed by atoms with E-state index < -0.39 is 6.09 Å². The maximum absolute atomic E-state index is 13.4. The van der Waals surface area contributed by atoms with Gasteiger partial charge in [-0.25, -0.2) is 9.78 Å². The van der Waals surface area contributed by atoms with Gasteiger partial charge in [-0.15, -0.1) is 5.10 Å². The van der Waals surface area contributed by atoms with Crippen LogP contribution in [0.15, 0.2) is 65.8 Å². The fourth-order valence-corrected chi connectivity index (χ4v) is 4.72. The molecule has 0 bridgehead atoms. The lowest BCUT2D eigenvalue weighted by atomic mass is 10.1. The molecule has 5 aromatic rings. The van der Waals surface area contributed by atoms with Gasteiger partial charge < -0.3 is 14.7 Å². The summed E-state index contributed by atoms with van der Waals surface area (Å²) in [6.07, 6.45) is 3.55. The van der Waals surface area contributed by atoms with Crippen molar-refractivity contribution in [2.24, 2.45) is 0 Å². The molecule has 1 amide bonds. The number of pyridine rings is 2. The molecule has 4 aromatic heterocycles. The molecule has 0 saturated carbocycles. The molecule has 3 N–H and O–H groups in total. The van der Waals surface area contributed by atoms with E-state index in [-0.39, 0.29) is 11.6 Å². The number of aromatic amines is 1. The second-order valence-corrected chi connectivity index (χ2v) is 8.76. The second-order valence-electron chi connectivity index (χ2n) is 8.76. The van der Waals surface area contributed by atoms with E-state index in [0.717, 1.165) is 29.1 Å². The van der Waals surface area contributed by atoms with Gasteiger partial charge in [0, 0.05) is 28.7 Å². The summed E-state index contributed by atoms with van der Waals surface area (Å²) in [5, 5.41) is 22.6. The first kappa shape index (κ1) is 22.3. The third kappa shape index (κ3) is 4.14. The molecular formula is C25H21N9O3. The Morgan fingerprint density at radius 1 is 1.14 bits per heavy atom. The van der Waals surface area contributed by atoms with Gasteiger partial charge in [0.15, 0.2) is 0 Å². The Morgan fingerprint density at radius 3 is 2.73 bits per heavy atom. The van der Waals surface area contributed by atoms with Crippen molar-refractivity contribution in [2.45, 2.75) is 25.8 Å². The highest BCUT2D eigenvalue weighted by atomic mass is 16.4. The number of hydrogen-bond donors (Lipinski definition) is 3. The van der Waals surface area contributed by atoms with Crippen molar-refractivity contribution in [3.63, 3.8) is 0 Å². The van der Waals surface area contributed by atoms with Crippen LogP contribution in [-0.4, -0.2) is 50.9 Å². The van der Waals surface area contributed by atoms with E-state index in [9.17, 15) is 9.59 Å². The minimum absolute atomic E-state index is 0.136. The number of aromatic nitrogens is 8. The van der Waals surface area contributed by atoms with Crippen molar-refractivity contribution in [3.05, 3.63) is 88.6 Å². The number of rotatable bonds is 5. The fraction of sp³-hybridized carbons (Fsp3) is 0.160. The minimum atomic E-state index is -1.12. The molecule has 1 aliphatic heterocycles. The van der Waals surface area contributed by atoms with Gasteiger partial charge in [0.05, 0.1) is 29.3 Å². The van der Waals surface area contributed by atoms with Crippen LogP contribution in [0.5, 0.6) is 0 Å². The average Bonchev–Trinajstić information content (AvgIpc) is 3.65. The highest BCUT2D eigenvalue weighted by molar-refractivity contribution is 5.83. The zero-order chi connectivity index (χ0) is 25.5. The van der Waals surface area contributed by atoms with Gasteiger partial charge >= 0.3 is 6.09 Å². The van der Waals surface area contributed by atoms with Crippen LogP contribution in [-0.2, 0) is 6.42 Å². The van der Waals surface area contributed by atoms with Crippen molar-refractivity contribution >= 4 is 11.8 Å². The topological polar surface area (TPSA) is 156 Å². The predicted octanol–water partition coefficient (Wildman–Crippen LogP) is 3.21. The minimum Gasteiger partial charge on any atom is -0.465 e. The summed E-state index contributed by atoms with van der Waals surface area (Å²) in [7, 11) is 0. The Kier molecular flexibility index (Phi) is 5.33. The molecule has 1 atom stereocenters. The molecule has 1 aliphatic rings. The van der Waals surface area contributed by atoms with E-state index in [1.165, 1.54) is 11.0 Å². The van der Waals surface area contributed by atoms with Crippen LogP contribution < -0.4 is 10.9 Å². The van der Waals surface area contributed by atoms with E-state index in [0.29, 0.717) is 34.9 Å². The molecule has 12 heteroatoms. The van der Waals surface area contributed by atoms with Crippen LogP contribution in [0.3, 0.4) is 0 Å². The third-order valence-corrected chi connectivity index (χ3v) is 6.37. The first-order valence-corrected chi connectivity index (χ1v) is 11.6. The van der Waals surface area contributed by atoms with Gasteiger partial charge in [-0.2, -0.15) is 4.68 Å². The van der Waals surface area contributed by atoms with Crippen molar-refractivity contribution in [1.29, 1.82) is 0 Å². The van der Waals surface area contributed by atoms with Crippen LogP contribution in [0.4, 0.5) is 10.5 Å². The van der Waals surface area contributed by atoms with Crippen LogP contribution >= 0.6 is 0 Å². The van der Waals surface area contributed by atoms with E-state index >= 15 is 0 Å². The number of tetrazole rings is 1. The molecule has 0 spiro atoms. The largest absolute Gasteiger partial charge is 0.465 e. The molecule has 0 saturated heterocycles. The lowest BCUT2D eigenvalue weighted by molar-refractivity contribution is 0.209. The summed E-state index contributed by atoms with van der Waals surface area (Å²) in [6, 6.07) is 14.1. The summed E-state index contributed by atoms with van der Waals surface area (Å²) in [5.74, 6) is 0.694. The molecular weight excluding hydrogens is 474 g/mol. The van der Waals surface area contributed by atoms with E-state index in [2.05, 4.69) is 35.8 Å². The Labute approximate surface area is 209 Å². The summed E-state index contributed by atoms with van der Waals surface area (Å²) >= 11 is 0. The van der Waals surface area contributed by atoms with Crippen molar-refractivity contribution in [1.82, 2.24) is 39.7 Å². The Bertz CT molecular complexity index is 1670. The predicted molar refractivity (Wildman–Crippen MR) is 134 cm³/mol. The van der Waals surface area contributed by atoms with Crippen molar-refractivity contribution in [3.8, 4) is 28.2 Å². The van der Waals surface area contributed by atoms with Crippen LogP contribution in [0.2, 0.25) is 0 Å². The second kappa shape index (κ2) is 8.82.